The van der Waals surface area contributed by atoms with Crippen LogP contribution in [0.2, 0.25) is 0 Å². The van der Waals surface area contributed by atoms with E-state index in [1.54, 1.807) is 0 Å². The van der Waals surface area contributed by atoms with Gasteiger partial charge in [0.15, 0.2) is 5.96 Å². The second-order valence-electron chi connectivity index (χ2n) is 6.29. The van der Waals surface area contributed by atoms with Crippen molar-refractivity contribution in [2.24, 2.45) is 10.7 Å². The van der Waals surface area contributed by atoms with Crippen molar-refractivity contribution in [2.75, 3.05) is 26.0 Å². The Morgan fingerprint density at radius 2 is 1.88 bits per heavy atom. The molecule has 0 aromatic heterocycles. The Bertz CT molecular complexity index is 674. The molecule has 0 saturated carbocycles. The van der Waals surface area contributed by atoms with Gasteiger partial charge in [-0.25, -0.2) is 0 Å². The fourth-order valence-corrected chi connectivity index (χ4v) is 2.64. The molecule has 0 aliphatic heterocycles. The van der Waals surface area contributed by atoms with Crippen LogP contribution in [0.5, 0.6) is 0 Å². The Hall–Kier alpha value is -2.33. The third-order valence-corrected chi connectivity index (χ3v) is 4.12. The average molecular weight is 324 g/mol. The maximum atomic E-state index is 6.05. The van der Waals surface area contributed by atoms with Crippen molar-refractivity contribution in [1.82, 2.24) is 4.90 Å². The van der Waals surface area contributed by atoms with Crippen LogP contribution in [0.4, 0.5) is 5.69 Å². The number of nitrogens with one attached hydrogen (secondary N) is 1. The molecule has 0 aliphatic rings. The number of anilines is 1. The normalized spacial score (nSPS) is 13.1. The molecular weight excluding hydrogens is 296 g/mol. The van der Waals surface area contributed by atoms with E-state index in [2.05, 4.69) is 79.6 Å². The SMILES string of the molecule is CCc1ccc(C(CN=C(N)Nc2cccc(C)c2)N(C)C)cc1. The van der Waals surface area contributed by atoms with Gasteiger partial charge in [0.25, 0.3) is 0 Å². The van der Waals surface area contributed by atoms with Gasteiger partial charge in [0.2, 0.25) is 0 Å². The van der Waals surface area contributed by atoms with Crippen molar-refractivity contribution in [1.29, 1.82) is 0 Å². The first kappa shape index (κ1) is 18.0. The van der Waals surface area contributed by atoms with Gasteiger partial charge in [-0.3, -0.25) is 4.99 Å². The van der Waals surface area contributed by atoms with E-state index in [1.807, 2.05) is 12.1 Å². The van der Waals surface area contributed by atoms with Gasteiger partial charge in [0.1, 0.15) is 0 Å². The van der Waals surface area contributed by atoms with Gasteiger partial charge in [-0.15, -0.1) is 0 Å². The van der Waals surface area contributed by atoms with Crippen molar-refractivity contribution in [3.8, 4) is 0 Å². The second-order valence-corrected chi connectivity index (χ2v) is 6.29. The number of benzene rings is 2. The second kappa shape index (κ2) is 8.50. The summed E-state index contributed by atoms with van der Waals surface area (Å²) in [6, 6.07) is 17.0. The molecule has 2 aromatic rings. The summed E-state index contributed by atoms with van der Waals surface area (Å²) < 4.78 is 0. The molecule has 0 heterocycles. The molecule has 0 saturated heterocycles. The Labute approximate surface area is 145 Å². The zero-order chi connectivity index (χ0) is 17.5. The molecule has 2 aromatic carbocycles. The molecule has 0 fully saturated rings. The van der Waals surface area contributed by atoms with E-state index >= 15 is 0 Å². The first-order chi connectivity index (χ1) is 11.5. The van der Waals surface area contributed by atoms with Crippen LogP contribution in [0, 0.1) is 6.92 Å². The molecule has 1 atom stereocenters. The van der Waals surface area contributed by atoms with E-state index in [4.69, 9.17) is 5.73 Å². The van der Waals surface area contributed by atoms with E-state index in [0.717, 1.165) is 12.1 Å². The van der Waals surface area contributed by atoms with Crippen LogP contribution in [-0.2, 0) is 6.42 Å². The van der Waals surface area contributed by atoms with Crippen molar-refractivity contribution in [3.63, 3.8) is 0 Å². The predicted molar refractivity (Wildman–Crippen MR) is 104 cm³/mol. The molecule has 0 bridgehead atoms. The summed E-state index contributed by atoms with van der Waals surface area (Å²) in [6.07, 6.45) is 1.05. The summed E-state index contributed by atoms with van der Waals surface area (Å²) in [7, 11) is 4.14. The number of aryl methyl sites for hydroxylation is 2. The van der Waals surface area contributed by atoms with Crippen molar-refractivity contribution < 1.29 is 0 Å². The number of nitrogens with zero attached hydrogens (tertiary/aromatic N) is 2. The molecular formula is C20H28N4. The van der Waals surface area contributed by atoms with Gasteiger partial charge in [-0.05, 0) is 56.3 Å². The largest absolute Gasteiger partial charge is 0.370 e. The highest BCUT2D eigenvalue weighted by molar-refractivity contribution is 5.92. The molecule has 0 radical (unpaired) electrons. The van der Waals surface area contributed by atoms with Crippen LogP contribution in [0.15, 0.2) is 53.5 Å². The van der Waals surface area contributed by atoms with E-state index < -0.39 is 0 Å². The Morgan fingerprint density at radius 3 is 2.46 bits per heavy atom. The lowest BCUT2D eigenvalue weighted by molar-refractivity contribution is 0.306. The molecule has 0 spiro atoms. The number of nitrogens with two attached hydrogens (primary N) is 1. The van der Waals surface area contributed by atoms with Crippen LogP contribution in [0.3, 0.4) is 0 Å². The number of rotatable bonds is 6. The van der Waals surface area contributed by atoms with E-state index in [0.29, 0.717) is 12.5 Å². The standard InChI is InChI=1S/C20H28N4/c1-5-16-9-11-17(12-10-16)19(24(3)4)14-22-20(21)23-18-8-6-7-15(2)13-18/h6-13,19H,5,14H2,1-4H3,(H3,21,22,23). The summed E-state index contributed by atoms with van der Waals surface area (Å²) >= 11 is 0. The molecule has 4 heteroatoms. The highest BCUT2D eigenvalue weighted by Gasteiger charge is 2.13. The smallest absolute Gasteiger partial charge is 0.193 e. The molecule has 3 N–H and O–H groups in total. The maximum Gasteiger partial charge on any atom is 0.193 e. The molecule has 24 heavy (non-hydrogen) atoms. The number of hydrogen-bond donors (Lipinski definition) is 2. The number of aliphatic imine (C=N–C) groups is 1. The van der Waals surface area contributed by atoms with Gasteiger partial charge < -0.3 is 16.0 Å². The highest BCUT2D eigenvalue weighted by atomic mass is 15.1. The first-order valence-electron chi connectivity index (χ1n) is 8.38. The van der Waals surface area contributed by atoms with Crippen molar-refractivity contribution in [2.45, 2.75) is 26.3 Å². The number of hydrogen-bond acceptors (Lipinski definition) is 2. The van der Waals surface area contributed by atoms with Gasteiger partial charge in [-0.2, -0.15) is 0 Å². The summed E-state index contributed by atoms with van der Waals surface area (Å²) in [5.74, 6) is 0.442. The fraction of sp³-hybridized carbons (Fsp3) is 0.350. The van der Waals surface area contributed by atoms with Gasteiger partial charge in [0, 0.05) is 5.69 Å². The summed E-state index contributed by atoms with van der Waals surface area (Å²) in [4.78, 5) is 6.70. The quantitative estimate of drug-likeness (QED) is 0.631. The summed E-state index contributed by atoms with van der Waals surface area (Å²) in [5.41, 5.74) is 10.8. The summed E-state index contributed by atoms with van der Waals surface area (Å²) in [5, 5.41) is 3.16. The van der Waals surface area contributed by atoms with E-state index in [-0.39, 0.29) is 6.04 Å². The van der Waals surface area contributed by atoms with Crippen molar-refractivity contribution in [3.05, 3.63) is 65.2 Å². The number of guanidine groups is 1. The molecule has 0 amide bonds. The average Bonchev–Trinajstić information content (AvgIpc) is 2.55. The fourth-order valence-electron chi connectivity index (χ4n) is 2.64. The maximum absolute atomic E-state index is 6.05. The molecule has 128 valence electrons. The topological polar surface area (TPSA) is 53.6 Å². The first-order valence-corrected chi connectivity index (χ1v) is 8.38. The molecule has 1 unspecified atom stereocenters. The minimum Gasteiger partial charge on any atom is -0.370 e. The Kier molecular flexibility index (Phi) is 6.38. The van der Waals surface area contributed by atoms with Crippen LogP contribution in [0.1, 0.15) is 29.7 Å². The van der Waals surface area contributed by atoms with Gasteiger partial charge in [0.05, 0.1) is 12.6 Å². The van der Waals surface area contributed by atoms with Gasteiger partial charge >= 0.3 is 0 Å². The summed E-state index contributed by atoms with van der Waals surface area (Å²) in [6.45, 7) is 4.84. The third-order valence-electron chi connectivity index (χ3n) is 4.12. The third kappa shape index (κ3) is 5.10. The Morgan fingerprint density at radius 1 is 1.17 bits per heavy atom. The predicted octanol–water partition coefficient (Wildman–Crippen LogP) is 3.59. The molecule has 4 nitrogen and oxygen atoms in total. The van der Waals surface area contributed by atoms with Crippen molar-refractivity contribution >= 4 is 11.6 Å². The minimum atomic E-state index is 0.203. The zero-order valence-corrected chi connectivity index (χ0v) is 15.1. The van der Waals surface area contributed by atoms with E-state index in [1.165, 1.54) is 16.7 Å². The Balaban J connectivity index is 2.06. The number of likely N-dealkylation sites (N-methyl/N-ethyl adjacent to an activating group) is 1. The molecule has 0 aliphatic carbocycles. The lowest BCUT2D eigenvalue weighted by atomic mass is 10.0. The highest BCUT2D eigenvalue weighted by Crippen LogP contribution is 2.19. The lowest BCUT2D eigenvalue weighted by Gasteiger charge is -2.23. The lowest BCUT2D eigenvalue weighted by Crippen LogP contribution is -2.27. The van der Waals surface area contributed by atoms with Crippen LogP contribution < -0.4 is 11.1 Å². The monoisotopic (exact) mass is 324 g/mol. The zero-order valence-electron chi connectivity index (χ0n) is 15.1. The van der Waals surface area contributed by atoms with Crippen LogP contribution >= 0.6 is 0 Å². The van der Waals surface area contributed by atoms with Gasteiger partial charge in [-0.1, -0.05) is 43.3 Å². The van der Waals surface area contributed by atoms with Crippen LogP contribution in [0.25, 0.3) is 0 Å². The molecule has 2 rings (SSSR count). The minimum absolute atomic E-state index is 0.203. The van der Waals surface area contributed by atoms with Crippen LogP contribution in [-0.4, -0.2) is 31.5 Å². The van der Waals surface area contributed by atoms with E-state index in [9.17, 15) is 0 Å².